The lowest BCUT2D eigenvalue weighted by Crippen LogP contribution is -2.48. The molecule has 3 fully saturated rings. The summed E-state index contributed by atoms with van der Waals surface area (Å²) in [5.41, 5.74) is 0.749. The quantitative estimate of drug-likeness (QED) is 0.473. The van der Waals surface area contributed by atoms with E-state index in [1.807, 2.05) is 12.1 Å². The third kappa shape index (κ3) is 3.10. The molecule has 2 aromatic rings. The average molecular weight is 535 g/mol. The Morgan fingerprint density at radius 3 is 2.42 bits per heavy atom. The molecule has 8 nitrogen and oxygen atoms in total. The van der Waals surface area contributed by atoms with Gasteiger partial charge in [-0.15, -0.1) is 0 Å². The third-order valence-electron chi connectivity index (χ3n) is 9.11. The van der Waals surface area contributed by atoms with Gasteiger partial charge in [0.05, 0.1) is 41.0 Å². The summed E-state index contributed by atoms with van der Waals surface area (Å²) >= 11 is 6.40. The monoisotopic (exact) mass is 534 g/mol. The summed E-state index contributed by atoms with van der Waals surface area (Å²) in [6, 6.07) is 12.0. The number of imide groups is 2. The number of anilines is 1. The fourth-order valence-corrected chi connectivity index (χ4v) is 7.51. The van der Waals surface area contributed by atoms with E-state index in [0.717, 1.165) is 5.57 Å². The van der Waals surface area contributed by atoms with Crippen molar-refractivity contribution in [3.8, 4) is 11.5 Å². The lowest BCUT2D eigenvalue weighted by molar-refractivity contribution is -0.138. The zero-order valence-electron chi connectivity index (χ0n) is 21.2. The Labute approximate surface area is 224 Å². The number of nitrogens with zero attached hydrogens (tertiary/aromatic N) is 2. The standard InChI is InChI=1S/C29H27ClN2O6/c1-29-19(26(35)32(28(29)37)15-7-5-4-6-8-15)13-18-16(9-10-17-22(18)27(36)31(2)25(17)34)23(29)14-11-20(30)24(33)21(12-14)38-3/h4-9,11-12,17-19,22-23,33H,10,13H2,1-3H3/t17-,18+,19-,22-,23-,29+/m0/s1. The minimum Gasteiger partial charge on any atom is -0.503 e. The summed E-state index contributed by atoms with van der Waals surface area (Å²) in [5, 5.41) is 10.5. The molecule has 2 aliphatic carbocycles. The topological polar surface area (TPSA) is 104 Å². The molecule has 2 heterocycles. The van der Waals surface area contributed by atoms with Gasteiger partial charge in [-0.1, -0.05) is 41.4 Å². The summed E-state index contributed by atoms with van der Waals surface area (Å²) < 4.78 is 5.37. The number of rotatable bonds is 3. The number of methoxy groups -OCH3 is 1. The average Bonchev–Trinajstić information content (AvgIpc) is 3.25. The molecule has 4 aliphatic rings. The zero-order chi connectivity index (χ0) is 27.1. The number of likely N-dealkylation sites (tertiary alicyclic amines) is 1. The van der Waals surface area contributed by atoms with E-state index >= 15 is 0 Å². The number of hydrogen-bond acceptors (Lipinski definition) is 6. The summed E-state index contributed by atoms with van der Waals surface area (Å²) in [5.74, 6) is -4.03. The van der Waals surface area contributed by atoms with Crippen LogP contribution in [0.3, 0.4) is 0 Å². The Morgan fingerprint density at radius 2 is 1.74 bits per heavy atom. The van der Waals surface area contributed by atoms with Gasteiger partial charge in [0, 0.05) is 13.0 Å². The van der Waals surface area contributed by atoms with E-state index in [9.17, 15) is 24.3 Å². The van der Waals surface area contributed by atoms with Gasteiger partial charge in [-0.3, -0.25) is 24.1 Å². The van der Waals surface area contributed by atoms with Crippen molar-refractivity contribution in [1.29, 1.82) is 0 Å². The van der Waals surface area contributed by atoms with E-state index in [4.69, 9.17) is 16.3 Å². The maximum atomic E-state index is 14.3. The van der Waals surface area contributed by atoms with Crippen molar-refractivity contribution in [2.45, 2.75) is 25.7 Å². The van der Waals surface area contributed by atoms with E-state index in [1.165, 1.54) is 24.0 Å². The highest BCUT2D eigenvalue weighted by Crippen LogP contribution is 2.64. The predicted molar refractivity (Wildman–Crippen MR) is 139 cm³/mol. The lowest BCUT2D eigenvalue weighted by atomic mass is 9.51. The number of halogens is 1. The van der Waals surface area contributed by atoms with Gasteiger partial charge in [0.1, 0.15) is 0 Å². The molecule has 0 bridgehead atoms. The van der Waals surface area contributed by atoms with Gasteiger partial charge in [-0.05, 0) is 55.5 Å². The van der Waals surface area contributed by atoms with Crippen LogP contribution in [0.25, 0.3) is 0 Å². The molecule has 0 spiro atoms. The van der Waals surface area contributed by atoms with Crippen LogP contribution in [0.15, 0.2) is 54.1 Å². The molecule has 1 saturated carbocycles. The molecule has 6 rings (SSSR count). The van der Waals surface area contributed by atoms with Gasteiger partial charge in [0.25, 0.3) is 0 Å². The number of carbonyl (C=O) groups excluding carboxylic acids is 4. The van der Waals surface area contributed by atoms with Crippen molar-refractivity contribution in [1.82, 2.24) is 4.90 Å². The van der Waals surface area contributed by atoms with E-state index in [2.05, 4.69) is 0 Å². The number of ether oxygens (including phenoxy) is 1. The zero-order valence-corrected chi connectivity index (χ0v) is 21.9. The second-order valence-corrected chi connectivity index (χ2v) is 11.2. The number of fused-ring (bicyclic) bond motifs is 4. The van der Waals surface area contributed by atoms with Crippen molar-refractivity contribution < 1.29 is 29.0 Å². The molecule has 196 valence electrons. The lowest BCUT2D eigenvalue weighted by Gasteiger charge is -2.49. The van der Waals surface area contributed by atoms with E-state index in [0.29, 0.717) is 17.7 Å². The molecule has 0 radical (unpaired) electrons. The Morgan fingerprint density at radius 1 is 1.03 bits per heavy atom. The van der Waals surface area contributed by atoms with Gasteiger partial charge in [0.2, 0.25) is 23.6 Å². The van der Waals surface area contributed by atoms with Crippen LogP contribution in [0.2, 0.25) is 5.02 Å². The van der Waals surface area contributed by atoms with E-state index in [-0.39, 0.29) is 46.6 Å². The molecule has 1 N–H and O–H groups in total. The van der Waals surface area contributed by atoms with Crippen molar-refractivity contribution in [2.24, 2.45) is 29.1 Å². The molecular weight excluding hydrogens is 508 g/mol. The summed E-state index contributed by atoms with van der Waals surface area (Å²) in [7, 11) is 2.91. The molecule has 2 aliphatic heterocycles. The molecule has 0 aromatic heterocycles. The molecule has 9 heteroatoms. The van der Waals surface area contributed by atoms with Gasteiger partial charge in [-0.25, -0.2) is 4.90 Å². The van der Waals surface area contributed by atoms with Gasteiger partial charge < -0.3 is 9.84 Å². The summed E-state index contributed by atoms with van der Waals surface area (Å²) in [6.45, 7) is 1.80. The number of amides is 4. The number of para-hydroxylation sites is 1. The Balaban J connectivity index is 1.57. The number of benzene rings is 2. The van der Waals surface area contributed by atoms with E-state index < -0.39 is 35.0 Å². The Bertz CT molecular complexity index is 1440. The highest BCUT2D eigenvalue weighted by molar-refractivity contribution is 6.32. The van der Waals surface area contributed by atoms with Gasteiger partial charge in [0.15, 0.2) is 11.5 Å². The van der Waals surface area contributed by atoms with Crippen LogP contribution in [0.1, 0.15) is 31.2 Å². The Hall–Kier alpha value is -3.65. The maximum absolute atomic E-state index is 14.3. The van der Waals surface area contributed by atoms with Crippen LogP contribution in [0, 0.1) is 29.1 Å². The van der Waals surface area contributed by atoms with Crippen LogP contribution in [-0.2, 0) is 19.2 Å². The fourth-order valence-electron chi connectivity index (χ4n) is 7.29. The SMILES string of the molecule is COc1cc([C@H]2C3=CC[C@@H]4C(=O)N(C)C(=O)[C@@H]4[C@@H]3C[C@H]3C(=O)N(c4ccccc4)C(=O)[C@@]23C)cc(Cl)c1O. The first kappa shape index (κ1) is 24.7. The smallest absolute Gasteiger partial charge is 0.241 e. The summed E-state index contributed by atoms with van der Waals surface area (Å²) in [4.78, 5) is 56.9. The number of allylic oxidation sites excluding steroid dienone is 2. The number of phenols is 1. The summed E-state index contributed by atoms with van der Waals surface area (Å²) in [6.07, 6.45) is 2.62. The van der Waals surface area contributed by atoms with Crippen molar-refractivity contribution >= 4 is 40.9 Å². The largest absolute Gasteiger partial charge is 0.503 e. The van der Waals surface area contributed by atoms with Crippen LogP contribution >= 0.6 is 11.6 Å². The van der Waals surface area contributed by atoms with Crippen LogP contribution in [-0.4, -0.2) is 47.8 Å². The van der Waals surface area contributed by atoms with Crippen molar-refractivity contribution in [3.63, 3.8) is 0 Å². The van der Waals surface area contributed by atoms with Crippen LogP contribution < -0.4 is 9.64 Å². The molecule has 2 saturated heterocycles. The molecule has 6 atom stereocenters. The highest BCUT2D eigenvalue weighted by atomic mass is 35.5. The third-order valence-corrected chi connectivity index (χ3v) is 9.40. The number of carbonyl (C=O) groups is 4. The molecule has 0 unspecified atom stereocenters. The van der Waals surface area contributed by atoms with Gasteiger partial charge in [-0.2, -0.15) is 0 Å². The number of hydrogen-bond donors (Lipinski definition) is 1. The molecular formula is C29H27ClN2O6. The second kappa shape index (κ2) is 8.43. The highest BCUT2D eigenvalue weighted by Gasteiger charge is 2.67. The molecule has 2 aromatic carbocycles. The molecule has 38 heavy (non-hydrogen) atoms. The minimum atomic E-state index is -1.19. The number of aromatic hydroxyl groups is 1. The first-order valence-electron chi connectivity index (χ1n) is 12.6. The normalized spacial score (nSPS) is 32.2. The Kier molecular flexibility index (Phi) is 5.47. The van der Waals surface area contributed by atoms with Crippen molar-refractivity contribution in [3.05, 3.63) is 64.7 Å². The van der Waals surface area contributed by atoms with Gasteiger partial charge >= 0.3 is 0 Å². The first-order valence-corrected chi connectivity index (χ1v) is 13.0. The minimum absolute atomic E-state index is 0.0550. The maximum Gasteiger partial charge on any atom is 0.241 e. The van der Waals surface area contributed by atoms with Crippen LogP contribution in [0.5, 0.6) is 11.5 Å². The first-order chi connectivity index (χ1) is 18.1. The fraction of sp³-hybridized carbons (Fsp3) is 0.379. The van der Waals surface area contributed by atoms with Crippen molar-refractivity contribution in [2.75, 3.05) is 19.1 Å². The van der Waals surface area contributed by atoms with Crippen LogP contribution in [0.4, 0.5) is 5.69 Å². The van der Waals surface area contributed by atoms with E-state index in [1.54, 1.807) is 43.3 Å². The second-order valence-electron chi connectivity index (χ2n) is 10.8. The number of phenolic OH excluding ortho intramolecular Hbond substituents is 1. The predicted octanol–water partition coefficient (Wildman–Crippen LogP) is 3.91. The molecule has 4 amide bonds.